The molecule has 0 spiro atoms. The topological polar surface area (TPSA) is 532 Å². The van der Waals surface area contributed by atoms with Crippen LogP contribution >= 0.6 is 23.2 Å². The summed E-state index contributed by atoms with van der Waals surface area (Å²) in [5.41, 5.74) is 3.55. The van der Waals surface area contributed by atoms with Crippen LogP contribution in [0.5, 0.6) is 57.5 Å². The lowest BCUT2D eigenvalue weighted by molar-refractivity contribution is -0.333. The third kappa shape index (κ3) is 22.8. The predicted molar refractivity (Wildman–Crippen MR) is 487 cm³/mol. The molecule has 11 aliphatic rings. The normalized spacial score (nSPS) is 29.2. The average Bonchev–Trinajstić information content (AvgIpc) is 0.763. The number of hydrogen-bond acceptors (Lipinski definition) is 29. The van der Waals surface area contributed by atoms with E-state index in [0.717, 1.165) is 81.8 Å². The van der Waals surface area contributed by atoms with Crippen molar-refractivity contribution >= 4 is 81.8 Å². The van der Waals surface area contributed by atoms with Crippen molar-refractivity contribution in [2.45, 2.75) is 235 Å². The number of ether oxygens (including phenoxy) is 8. The van der Waals surface area contributed by atoms with Crippen molar-refractivity contribution in [2.24, 2.45) is 53.1 Å². The number of carbonyl (C=O) groups is 9. The Morgan fingerprint density at radius 2 is 1.30 bits per heavy atom. The number of Topliss-reactive ketones (excluding diaryl/α,β-unsaturated/α-hetero) is 3. The van der Waals surface area contributed by atoms with Crippen molar-refractivity contribution in [3.05, 3.63) is 135 Å². The second kappa shape index (κ2) is 43.3. The van der Waals surface area contributed by atoms with Gasteiger partial charge in [0.15, 0.2) is 41.2 Å². The Balaban J connectivity index is 0.942. The molecule has 6 aromatic carbocycles. The van der Waals surface area contributed by atoms with Crippen LogP contribution in [0.25, 0.3) is 11.1 Å². The Hall–Kier alpha value is -10.4. The number of aliphatic hydroxyl groups is 6. The van der Waals surface area contributed by atoms with Crippen molar-refractivity contribution in [2.75, 3.05) is 51.3 Å². The fraction of sp³-hybridized carbons (Fsp3) is 0.536. The van der Waals surface area contributed by atoms with Gasteiger partial charge in [0.2, 0.25) is 41.6 Å². The van der Waals surface area contributed by atoms with Gasteiger partial charge in [0, 0.05) is 79.9 Å². The summed E-state index contributed by atoms with van der Waals surface area (Å²) in [5, 5.41) is 129. The van der Waals surface area contributed by atoms with Crippen molar-refractivity contribution < 1.29 is 127 Å². The van der Waals surface area contributed by atoms with Gasteiger partial charge in [-0.2, -0.15) is 0 Å². The maximum absolute atomic E-state index is 16.9. The lowest BCUT2D eigenvalue weighted by Crippen LogP contribution is -2.64. The summed E-state index contributed by atoms with van der Waals surface area (Å²) in [6, 6.07) is 10.4. The van der Waals surface area contributed by atoms with Crippen LogP contribution in [0, 0.1) is 47.3 Å². The summed E-state index contributed by atoms with van der Waals surface area (Å²) in [6.07, 6.45) is -14.2. The number of nitrogens with one attached hydrogen (secondary N) is 8. The molecular formula is C97H121Cl2N9O26. The van der Waals surface area contributed by atoms with Crippen molar-refractivity contribution in [1.29, 1.82) is 0 Å². The average molecular weight is 1900 g/mol. The van der Waals surface area contributed by atoms with E-state index in [1.165, 1.54) is 68.4 Å². The van der Waals surface area contributed by atoms with Crippen LogP contribution in [0.3, 0.4) is 0 Å². The van der Waals surface area contributed by atoms with Gasteiger partial charge < -0.3 is 127 Å². The molecular weight excluding hydrogens is 1780 g/mol. The van der Waals surface area contributed by atoms with Crippen LogP contribution in [-0.2, 0) is 52.6 Å². The third-order valence-electron chi connectivity index (χ3n) is 26.9. The van der Waals surface area contributed by atoms with Gasteiger partial charge in [0.05, 0.1) is 46.4 Å². The Morgan fingerprint density at radius 1 is 0.657 bits per heavy atom. The van der Waals surface area contributed by atoms with Gasteiger partial charge in [-0.05, 0) is 215 Å². The van der Waals surface area contributed by atoms with Gasteiger partial charge >= 0.3 is 6.03 Å². The molecule has 37 heteroatoms. The number of ketones is 3. The number of benzene rings is 6. The minimum Gasteiger partial charge on any atom is -0.508 e. The summed E-state index contributed by atoms with van der Waals surface area (Å²) in [5.74, 6) is -16.1. The van der Waals surface area contributed by atoms with E-state index in [2.05, 4.69) is 42.5 Å². The van der Waals surface area contributed by atoms with Crippen LogP contribution in [0.1, 0.15) is 196 Å². The molecule has 6 aromatic rings. The number of hydrogen-bond donors (Lipinski definition) is 18. The number of aliphatic hydroxyl groups excluding tert-OH is 6. The maximum Gasteiger partial charge on any atom is 0.325 e. The molecule has 4 aliphatic carbocycles. The fourth-order valence-electron chi connectivity index (χ4n) is 20.2. The van der Waals surface area contributed by atoms with E-state index in [1.54, 1.807) is 19.1 Å². The monoisotopic (exact) mass is 1900 g/mol. The van der Waals surface area contributed by atoms with E-state index in [0.29, 0.717) is 43.6 Å². The molecule has 0 radical (unpaired) electrons. The number of phenols is 3. The quantitative estimate of drug-likeness (QED) is 0.0203. The Bertz CT molecular complexity index is 5310. The van der Waals surface area contributed by atoms with Crippen molar-refractivity contribution in [3.8, 4) is 68.6 Å². The van der Waals surface area contributed by atoms with Crippen LogP contribution in [0.4, 0.5) is 10.5 Å². The lowest BCUT2D eigenvalue weighted by Gasteiger charge is -2.54. The fourth-order valence-corrected chi connectivity index (χ4v) is 20.7. The van der Waals surface area contributed by atoms with Crippen molar-refractivity contribution in [1.82, 2.24) is 37.2 Å². The minimum absolute atomic E-state index is 0.0546. The molecule has 18 atom stereocenters. The number of rotatable bonds is 28. The highest BCUT2D eigenvalue weighted by Gasteiger charge is 2.54. The van der Waals surface area contributed by atoms with Gasteiger partial charge in [-0.3, -0.25) is 43.7 Å². The molecule has 17 rings (SSSR count). The van der Waals surface area contributed by atoms with Crippen LogP contribution in [-0.4, -0.2) is 212 Å². The molecule has 134 heavy (non-hydrogen) atoms. The standard InChI is InChI=1S/C97H121Cl2N9O26/c1-8-19-101-21-23-127-58-14-15-65(73(40-58)128-24-22-102-20-9-2)103-96(126)104-77(116)37-56-34-68(113)82(107-91(122)49(10-3)25-45(4)5)84(117)51-12-17-71(63(98)32-51)130-74-35-55-36-75(88(74)134-95-89(87(120)86(119)76(44-109)132-95)133-78-43-97(7,100)90(121)46(6)129-78)131-72-18-13-52(33-64(72)99)85(118)83-94(125)106-81(70(115)41-59-53-27-47-26-48(29-53)30-54(59)28-47)62-38-57(110)39-67(112)79(62)61-31-50(11-16-66(61)111)60(93(124)108-83)42-69(114)80(55)105-92(56)123/h11-18,31-33,35-36,38-40,45-49,53-54,56,59-60,76,78,80-87,89-90,95,101-102,109-112,117-121H,8-10,19-30,34,37,41-44,100H2,1-7H3,(H,105,123)(H,106,125)(H,107,122)(H,108,124)(H2,103,104,116,126)/t46-,47?,48?,49+,53?,54?,56-,59?,60+,76+,78-,80+,81-,82-,83-,84+,85+,86+,87-,89+,90+,95-,97-/m0/s1. The molecule has 0 aromatic heterocycles. The highest BCUT2D eigenvalue weighted by Crippen LogP contribution is 2.59. The zero-order valence-corrected chi connectivity index (χ0v) is 77.2. The number of carbonyl (C=O) groups excluding carboxylic acids is 9. The van der Waals surface area contributed by atoms with Gasteiger partial charge in [0.25, 0.3) is 0 Å². The summed E-state index contributed by atoms with van der Waals surface area (Å²) >= 11 is 14.7. The molecule has 7 aliphatic heterocycles. The van der Waals surface area contributed by atoms with Gasteiger partial charge in [0.1, 0.15) is 108 Å². The second-order valence-corrected chi connectivity index (χ2v) is 38.2. The number of imide groups is 1. The Kier molecular flexibility index (Phi) is 32.2. The summed E-state index contributed by atoms with van der Waals surface area (Å²) in [7, 11) is 0. The molecule has 7 heterocycles. The number of amides is 7. The van der Waals surface area contributed by atoms with Gasteiger partial charge in [-0.25, -0.2) is 4.79 Å². The number of urea groups is 1. The van der Waals surface area contributed by atoms with Crippen LogP contribution < -0.4 is 72.0 Å². The van der Waals surface area contributed by atoms with E-state index in [1.807, 2.05) is 27.7 Å². The Morgan fingerprint density at radius 3 is 1.92 bits per heavy atom. The van der Waals surface area contributed by atoms with Gasteiger partial charge in [-0.1, -0.05) is 76.0 Å². The molecule has 0 unspecified atom stereocenters. The summed E-state index contributed by atoms with van der Waals surface area (Å²) in [4.78, 5) is 141. The van der Waals surface area contributed by atoms with Crippen molar-refractivity contribution in [3.63, 3.8) is 0 Å². The summed E-state index contributed by atoms with van der Waals surface area (Å²) < 4.78 is 51.6. The van der Waals surface area contributed by atoms with E-state index in [-0.39, 0.29) is 123 Å². The SMILES string of the molecule is CCCNCCOc1ccc(NC(=O)NC(=O)C[C@@H]2CC(=O)[C@H](NC(=O)[C@H](CC)CC(C)C)[C@H](O)c3ccc(c(Cl)c3)Oc3cc4cc(c3O[C@@H]3O[C@H](CO)[C@@H](O)[C@H](O)[C@H]3O[C@H]3C[C@](C)(N)[C@H](O)[C@H](C)O3)Oc3ccc(cc3Cl)[C@@H](O)[C@@H]3NC(=O)[C@H](CC(=O)[C@@H]4NC2=O)c2ccc(O)c(c2)-c2c(O)cc(O)cc2[C@@H](C(=O)CC2C4CC5CC(C4)CC2C5)NC3=O)c(OCCNCCC)c1. The first-order valence-corrected chi connectivity index (χ1v) is 46.9. The van der Waals surface area contributed by atoms with Gasteiger partial charge in [-0.15, -0.1) is 0 Å². The molecule has 19 N–H and O–H groups in total. The number of phenolic OH excluding ortho intramolecular Hbond substituents is 3. The van der Waals surface area contributed by atoms with E-state index >= 15 is 33.6 Å². The predicted octanol–water partition coefficient (Wildman–Crippen LogP) is 9.09. The highest BCUT2D eigenvalue weighted by molar-refractivity contribution is 6.32. The molecule has 35 nitrogen and oxygen atoms in total. The van der Waals surface area contributed by atoms with Crippen LogP contribution in [0.15, 0.2) is 97.1 Å². The zero-order valence-electron chi connectivity index (χ0n) is 75.7. The number of aromatic hydroxyl groups is 3. The molecule has 2 saturated heterocycles. The molecule has 4 saturated carbocycles. The number of anilines is 1. The second-order valence-electron chi connectivity index (χ2n) is 37.4. The number of fused-ring (bicyclic) bond motifs is 15. The van der Waals surface area contributed by atoms with E-state index < -0.39 is 228 Å². The van der Waals surface area contributed by atoms with E-state index in [9.17, 15) is 55.5 Å². The first-order chi connectivity index (χ1) is 64.0. The smallest absolute Gasteiger partial charge is 0.325 e. The first-order valence-electron chi connectivity index (χ1n) is 46.1. The molecule has 7 amide bonds. The zero-order chi connectivity index (χ0) is 96.0. The largest absolute Gasteiger partial charge is 0.508 e. The Labute approximate surface area is 785 Å². The third-order valence-corrected chi connectivity index (χ3v) is 27.5. The summed E-state index contributed by atoms with van der Waals surface area (Å²) in [6.45, 7) is 14.3. The first kappa shape index (κ1) is 99.6. The maximum atomic E-state index is 16.9. The van der Waals surface area contributed by atoms with Crippen LogP contribution in [0.2, 0.25) is 10.0 Å². The lowest BCUT2D eigenvalue weighted by atomic mass is 9.51. The molecule has 15 bridgehead atoms. The number of nitrogens with two attached hydrogens (primary N) is 1. The number of halogens is 2. The molecule has 6 fully saturated rings. The van der Waals surface area contributed by atoms with E-state index in [4.69, 9.17) is 66.8 Å². The highest BCUT2D eigenvalue weighted by atomic mass is 35.5. The molecule has 724 valence electrons. The minimum atomic E-state index is -2.28.